The highest BCUT2D eigenvalue weighted by Gasteiger charge is 2.42. The number of carbonyl (C=O) groups is 4. The second-order valence-electron chi connectivity index (χ2n) is 9.69. The van der Waals surface area contributed by atoms with Crippen molar-refractivity contribution in [2.75, 3.05) is 18.9 Å². The predicted molar refractivity (Wildman–Crippen MR) is 143 cm³/mol. The van der Waals surface area contributed by atoms with Crippen LogP contribution in [0.3, 0.4) is 0 Å². The number of rotatable bonds is 11. The van der Waals surface area contributed by atoms with Crippen LogP contribution < -0.4 is 10.6 Å². The Labute approximate surface area is 224 Å². The van der Waals surface area contributed by atoms with E-state index in [1.807, 2.05) is 0 Å². The maximum atomic E-state index is 13.9. The number of ether oxygens (including phenoxy) is 2. The molecule has 2 N–H and O–H groups in total. The number of esters is 1. The Bertz CT molecular complexity index is 1010. The molecule has 0 saturated heterocycles. The lowest BCUT2D eigenvalue weighted by atomic mass is 9.87. The molecule has 0 heterocycles. The van der Waals surface area contributed by atoms with Crippen molar-refractivity contribution < 1.29 is 28.7 Å². The van der Waals surface area contributed by atoms with Gasteiger partial charge in [0.2, 0.25) is 11.8 Å². The van der Waals surface area contributed by atoms with Gasteiger partial charge in [-0.05, 0) is 58.6 Å². The highest BCUT2D eigenvalue weighted by Crippen LogP contribution is 2.35. The summed E-state index contributed by atoms with van der Waals surface area (Å²) < 4.78 is 10.3. The normalized spacial score (nSPS) is 14.8. The number of nitrogens with one attached hydrogen (secondary N) is 2. The van der Waals surface area contributed by atoms with Crippen LogP contribution in [0.15, 0.2) is 24.3 Å². The number of terminal acetylenes is 1. The molecule has 2 atom stereocenters. The second kappa shape index (κ2) is 13.9. The first-order chi connectivity index (χ1) is 17.5. The lowest BCUT2D eigenvalue weighted by Gasteiger charge is -2.43. The van der Waals surface area contributed by atoms with Crippen molar-refractivity contribution in [3.63, 3.8) is 0 Å². The van der Waals surface area contributed by atoms with Crippen molar-refractivity contribution >= 4 is 36.5 Å². The lowest BCUT2D eigenvalue weighted by molar-refractivity contribution is -0.147. The molecule has 0 spiro atoms. The number of hydrogen-bond donors (Lipinski definition) is 3. The molecule has 37 heavy (non-hydrogen) atoms. The Hall–Kier alpha value is -3.19. The average Bonchev–Trinajstić information content (AvgIpc) is 2.79. The summed E-state index contributed by atoms with van der Waals surface area (Å²) in [7, 11) is 0. The molecule has 1 aromatic rings. The molecule has 2 unspecified atom stereocenters. The quantitative estimate of drug-likeness (QED) is 0.230. The van der Waals surface area contributed by atoms with E-state index in [4.69, 9.17) is 15.9 Å². The first-order valence-corrected chi connectivity index (χ1v) is 13.1. The maximum Gasteiger partial charge on any atom is 0.408 e. The molecular weight excluding hydrogens is 494 g/mol. The zero-order valence-electron chi connectivity index (χ0n) is 21.9. The number of benzene rings is 1. The van der Waals surface area contributed by atoms with Crippen molar-refractivity contribution in [2.45, 2.75) is 77.1 Å². The third-order valence-electron chi connectivity index (χ3n) is 5.77. The fourth-order valence-corrected chi connectivity index (χ4v) is 4.15. The smallest absolute Gasteiger partial charge is 0.408 e. The minimum Gasteiger partial charge on any atom is -0.466 e. The predicted octanol–water partition coefficient (Wildman–Crippen LogP) is 2.98. The molecule has 2 rings (SSSR count). The van der Waals surface area contributed by atoms with Crippen LogP contribution in [0.1, 0.15) is 70.5 Å². The van der Waals surface area contributed by atoms with Gasteiger partial charge >= 0.3 is 12.1 Å². The molecular formula is C27H37N3O6S. The highest BCUT2D eigenvalue weighted by atomic mass is 32.1. The zero-order valence-corrected chi connectivity index (χ0v) is 22.8. The Kier molecular flexibility index (Phi) is 11.3. The summed E-state index contributed by atoms with van der Waals surface area (Å²) in [5.41, 5.74) is 0.191. The van der Waals surface area contributed by atoms with Crippen LogP contribution in [0.25, 0.3) is 0 Å². The summed E-state index contributed by atoms with van der Waals surface area (Å²) in [6.07, 6.45) is 7.26. The number of thiol groups is 1. The van der Waals surface area contributed by atoms with Crippen LogP contribution >= 0.6 is 12.6 Å². The van der Waals surface area contributed by atoms with Crippen molar-refractivity contribution in [1.82, 2.24) is 15.5 Å². The van der Waals surface area contributed by atoms with E-state index in [1.54, 1.807) is 52.0 Å². The van der Waals surface area contributed by atoms with E-state index in [0.29, 0.717) is 24.0 Å². The van der Waals surface area contributed by atoms with Crippen molar-refractivity contribution in [1.29, 1.82) is 0 Å². The molecule has 202 valence electrons. The molecule has 10 heteroatoms. The maximum absolute atomic E-state index is 13.9. The Morgan fingerprint density at radius 1 is 1.22 bits per heavy atom. The minimum absolute atomic E-state index is 0.00468. The van der Waals surface area contributed by atoms with Gasteiger partial charge in [-0.2, -0.15) is 12.6 Å². The van der Waals surface area contributed by atoms with Crippen LogP contribution in [0.2, 0.25) is 0 Å². The number of amides is 3. The van der Waals surface area contributed by atoms with Gasteiger partial charge in [0.05, 0.1) is 13.0 Å². The first kappa shape index (κ1) is 30.0. The van der Waals surface area contributed by atoms with E-state index in [9.17, 15) is 19.2 Å². The minimum atomic E-state index is -1.07. The Balaban J connectivity index is 2.41. The monoisotopic (exact) mass is 531 g/mol. The first-order valence-electron chi connectivity index (χ1n) is 12.4. The van der Waals surface area contributed by atoms with Crippen LogP contribution in [0.5, 0.6) is 0 Å². The van der Waals surface area contributed by atoms with Gasteiger partial charge in [-0.25, -0.2) is 4.79 Å². The van der Waals surface area contributed by atoms with Crippen molar-refractivity contribution in [3.05, 3.63) is 35.4 Å². The van der Waals surface area contributed by atoms with Crippen LogP contribution in [-0.2, 0) is 23.9 Å². The van der Waals surface area contributed by atoms with Gasteiger partial charge in [0.1, 0.15) is 17.7 Å². The highest BCUT2D eigenvalue weighted by molar-refractivity contribution is 7.80. The summed E-state index contributed by atoms with van der Waals surface area (Å²) >= 11 is 4.29. The molecule has 0 bridgehead atoms. The largest absolute Gasteiger partial charge is 0.466 e. The molecule has 1 aliphatic rings. The summed E-state index contributed by atoms with van der Waals surface area (Å²) in [5, 5.41) is 5.35. The van der Waals surface area contributed by atoms with E-state index in [0.717, 1.165) is 6.42 Å². The summed E-state index contributed by atoms with van der Waals surface area (Å²) in [4.78, 5) is 53.2. The van der Waals surface area contributed by atoms with Gasteiger partial charge in [0, 0.05) is 23.9 Å². The van der Waals surface area contributed by atoms with Crippen LogP contribution in [-0.4, -0.2) is 65.4 Å². The molecule has 0 aromatic heterocycles. The molecule has 9 nitrogen and oxygen atoms in total. The number of nitrogens with zero attached hydrogens (tertiary/aromatic N) is 1. The van der Waals surface area contributed by atoms with Gasteiger partial charge in [0.15, 0.2) is 0 Å². The third kappa shape index (κ3) is 8.71. The van der Waals surface area contributed by atoms with Crippen LogP contribution in [0, 0.1) is 12.3 Å². The van der Waals surface area contributed by atoms with Crippen molar-refractivity contribution in [3.8, 4) is 12.3 Å². The Morgan fingerprint density at radius 2 is 1.89 bits per heavy atom. The number of carbonyl (C=O) groups excluding carboxylic acids is 4. The molecule has 1 fully saturated rings. The molecule has 1 aromatic carbocycles. The number of alkyl carbamates (subject to hydrolysis) is 1. The molecule has 0 radical (unpaired) electrons. The molecule has 1 saturated carbocycles. The molecule has 3 amide bonds. The Morgan fingerprint density at radius 3 is 2.43 bits per heavy atom. The second-order valence-corrected chi connectivity index (χ2v) is 10.1. The van der Waals surface area contributed by atoms with E-state index in [-0.39, 0.29) is 31.4 Å². The van der Waals surface area contributed by atoms with Crippen LogP contribution in [0.4, 0.5) is 4.79 Å². The topological polar surface area (TPSA) is 114 Å². The van der Waals surface area contributed by atoms with Gasteiger partial charge in [0.25, 0.3) is 0 Å². The molecule has 1 aliphatic carbocycles. The van der Waals surface area contributed by atoms with Gasteiger partial charge < -0.3 is 25.0 Å². The fraction of sp³-hybridized carbons (Fsp3) is 0.556. The number of hydrogen-bond acceptors (Lipinski definition) is 7. The van der Waals surface area contributed by atoms with E-state index in [2.05, 4.69) is 29.2 Å². The van der Waals surface area contributed by atoms with E-state index < -0.39 is 41.6 Å². The van der Waals surface area contributed by atoms with Gasteiger partial charge in [-0.15, -0.1) is 6.42 Å². The van der Waals surface area contributed by atoms with Gasteiger partial charge in [-0.1, -0.05) is 24.1 Å². The molecule has 0 aliphatic heterocycles. The lowest BCUT2D eigenvalue weighted by Crippen LogP contribution is -2.58. The summed E-state index contributed by atoms with van der Waals surface area (Å²) in [5.74, 6) is 1.20. The summed E-state index contributed by atoms with van der Waals surface area (Å²) in [6, 6.07) is 4.56. The SMILES string of the molecule is C#Cc1ccccc1C(C(=O)NCCC(=O)OCC)N(C(=O)C(CS)NC(=O)OC(C)(C)C)C1CCC1. The van der Waals surface area contributed by atoms with E-state index in [1.165, 1.54) is 4.90 Å². The van der Waals surface area contributed by atoms with E-state index >= 15 is 0 Å². The van der Waals surface area contributed by atoms with Gasteiger partial charge in [-0.3, -0.25) is 14.4 Å². The van der Waals surface area contributed by atoms with Crippen molar-refractivity contribution in [2.24, 2.45) is 0 Å². The third-order valence-corrected chi connectivity index (χ3v) is 6.13. The summed E-state index contributed by atoms with van der Waals surface area (Å²) in [6.45, 7) is 7.14. The standard InChI is InChI=1S/C27H37N3O6S/c1-6-18-11-8-9-14-20(18)23(24(32)28-16-15-22(31)35-7-2)30(19-12-10-13-19)25(33)21(17-37)29-26(34)36-27(3,4)5/h1,8-9,11,14,19,21,23,37H,7,10,12-13,15-17H2,2-5H3,(H,28,32)(H,29,34). The average molecular weight is 532 g/mol. The zero-order chi connectivity index (χ0) is 27.6. The fourth-order valence-electron chi connectivity index (χ4n) is 3.90.